The zero-order valence-electron chi connectivity index (χ0n) is 4.74. The molecule has 0 aliphatic carbocycles. The first-order valence-corrected chi connectivity index (χ1v) is 2.71. The number of Topliss-reactive ketones (excluding diaryl/α,β-unsaturated/α-hetero) is 1. The molecule has 0 amide bonds. The predicted octanol–water partition coefficient (Wildman–Crippen LogP) is -0.291. The molecule has 0 aromatic rings. The lowest BCUT2D eigenvalue weighted by atomic mass is 10.3. The molecule has 0 radical (unpaired) electrons. The Labute approximate surface area is 60.9 Å². The van der Waals surface area contributed by atoms with Crippen molar-refractivity contribution in [1.82, 2.24) is 0 Å². The number of carboxylic acid groups (broad SMARTS) is 1. The Morgan fingerprint density at radius 2 is 2.00 bits per heavy atom. The first-order valence-electron chi connectivity index (χ1n) is 2.18. The van der Waals surface area contributed by atoms with E-state index in [1.54, 1.807) is 0 Å². The quantitative estimate of drug-likeness (QED) is 0.198. The Balaban J connectivity index is 4.39. The van der Waals surface area contributed by atoms with Crippen molar-refractivity contribution in [2.75, 3.05) is 5.88 Å². The predicted molar refractivity (Wildman–Crippen MR) is 32.6 cm³/mol. The molecule has 0 unspecified atom stereocenters. The highest BCUT2D eigenvalue weighted by Crippen LogP contribution is 1.85. The number of oxime groups is 1. The number of aliphatic carboxylic acids is 1. The maximum Gasteiger partial charge on any atom is 0.361 e. The fourth-order valence-electron chi connectivity index (χ4n) is 0.281. The summed E-state index contributed by atoms with van der Waals surface area (Å²) >= 11 is 4.96. The molecular formula is C4H4ClNO4. The van der Waals surface area contributed by atoms with Crippen molar-refractivity contribution in [3.8, 4) is 0 Å². The van der Waals surface area contributed by atoms with Crippen LogP contribution in [0.5, 0.6) is 0 Å². The fraction of sp³-hybridized carbons (Fsp3) is 0.250. The SMILES string of the molecule is O=C(O)C(=NO)C(=O)CCl. The second-order valence-corrected chi connectivity index (χ2v) is 1.58. The van der Waals surface area contributed by atoms with Crippen LogP contribution in [0.2, 0.25) is 0 Å². The molecule has 0 aromatic carbocycles. The van der Waals surface area contributed by atoms with E-state index in [9.17, 15) is 9.59 Å². The van der Waals surface area contributed by atoms with E-state index in [-0.39, 0.29) is 0 Å². The Kier molecular flexibility index (Phi) is 3.42. The van der Waals surface area contributed by atoms with Crippen molar-refractivity contribution in [1.29, 1.82) is 0 Å². The molecule has 0 aliphatic heterocycles. The number of ketones is 1. The van der Waals surface area contributed by atoms with Crippen molar-refractivity contribution >= 4 is 29.1 Å². The number of nitrogens with zero attached hydrogens (tertiary/aromatic N) is 1. The molecule has 2 N–H and O–H groups in total. The molecule has 0 aliphatic rings. The minimum absolute atomic E-state index is 0.508. The van der Waals surface area contributed by atoms with E-state index in [2.05, 4.69) is 5.16 Å². The van der Waals surface area contributed by atoms with Crippen LogP contribution in [0.3, 0.4) is 0 Å². The van der Waals surface area contributed by atoms with Gasteiger partial charge < -0.3 is 10.3 Å². The van der Waals surface area contributed by atoms with E-state index < -0.39 is 23.3 Å². The Hall–Kier alpha value is -1.10. The zero-order valence-corrected chi connectivity index (χ0v) is 5.50. The van der Waals surface area contributed by atoms with Crippen LogP contribution < -0.4 is 0 Å². The van der Waals surface area contributed by atoms with Gasteiger partial charge in [0, 0.05) is 0 Å². The highest BCUT2D eigenvalue weighted by Gasteiger charge is 2.18. The fourth-order valence-corrected chi connectivity index (χ4v) is 0.408. The van der Waals surface area contributed by atoms with Crippen LogP contribution in [0, 0.1) is 0 Å². The van der Waals surface area contributed by atoms with Gasteiger partial charge in [0.1, 0.15) is 0 Å². The molecular weight excluding hydrogens is 162 g/mol. The highest BCUT2D eigenvalue weighted by atomic mass is 35.5. The number of rotatable bonds is 3. The minimum atomic E-state index is -1.59. The van der Waals surface area contributed by atoms with Gasteiger partial charge in [-0.3, -0.25) is 4.79 Å². The lowest BCUT2D eigenvalue weighted by molar-refractivity contribution is -0.130. The molecule has 0 saturated carbocycles. The Morgan fingerprint density at radius 1 is 1.50 bits per heavy atom. The zero-order chi connectivity index (χ0) is 8.15. The summed E-state index contributed by atoms with van der Waals surface area (Å²) in [4.78, 5) is 20.3. The normalized spacial score (nSPS) is 11.1. The van der Waals surface area contributed by atoms with E-state index in [0.29, 0.717) is 0 Å². The molecule has 0 rings (SSSR count). The highest BCUT2D eigenvalue weighted by molar-refractivity contribution is 6.67. The van der Waals surface area contributed by atoms with Gasteiger partial charge in [-0.25, -0.2) is 4.79 Å². The van der Waals surface area contributed by atoms with Crippen molar-refractivity contribution in [3.05, 3.63) is 0 Å². The topological polar surface area (TPSA) is 87.0 Å². The van der Waals surface area contributed by atoms with Gasteiger partial charge in [0.15, 0.2) is 0 Å². The average Bonchev–Trinajstić information content (AvgIpc) is 1.88. The van der Waals surface area contributed by atoms with E-state index in [1.807, 2.05) is 0 Å². The summed E-state index contributed by atoms with van der Waals surface area (Å²) in [5.41, 5.74) is -0.949. The number of carbonyl (C=O) groups is 2. The van der Waals surface area contributed by atoms with Gasteiger partial charge in [-0.05, 0) is 0 Å². The molecule has 0 spiro atoms. The summed E-state index contributed by atoms with van der Waals surface area (Å²) in [7, 11) is 0. The van der Waals surface area contributed by atoms with Crippen LogP contribution >= 0.6 is 11.6 Å². The van der Waals surface area contributed by atoms with Gasteiger partial charge in [0.2, 0.25) is 11.5 Å². The molecule has 0 heterocycles. The molecule has 56 valence electrons. The number of carbonyl (C=O) groups excluding carboxylic acids is 1. The van der Waals surface area contributed by atoms with Crippen LogP contribution in [0.4, 0.5) is 0 Å². The van der Waals surface area contributed by atoms with Crippen LogP contribution in [0.15, 0.2) is 5.16 Å². The third-order valence-electron chi connectivity index (χ3n) is 0.688. The van der Waals surface area contributed by atoms with Crippen molar-refractivity contribution in [2.45, 2.75) is 0 Å². The van der Waals surface area contributed by atoms with Gasteiger partial charge in [-0.2, -0.15) is 0 Å². The van der Waals surface area contributed by atoms with Gasteiger partial charge >= 0.3 is 5.97 Å². The summed E-state index contributed by atoms with van der Waals surface area (Å²) < 4.78 is 0. The first-order chi connectivity index (χ1) is 4.63. The van der Waals surface area contributed by atoms with Crippen molar-refractivity contribution in [2.24, 2.45) is 5.16 Å². The van der Waals surface area contributed by atoms with Gasteiger partial charge in [-0.15, -0.1) is 11.6 Å². The maximum atomic E-state index is 10.4. The molecule has 10 heavy (non-hydrogen) atoms. The first kappa shape index (κ1) is 8.90. The molecule has 0 aromatic heterocycles. The van der Waals surface area contributed by atoms with Crippen molar-refractivity contribution in [3.63, 3.8) is 0 Å². The lowest BCUT2D eigenvalue weighted by Crippen LogP contribution is -2.24. The van der Waals surface area contributed by atoms with E-state index in [0.717, 1.165) is 0 Å². The molecule has 6 heteroatoms. The van der Waals surface area contributed by atoms with Gasteiger partial charge in [-0.1, -0.05) is 5.16 Å². The standard InChI is InChI=1S/C4H4ClNO4/c5-1-2(7)3(6-10)4(8)9/h10H,1H2,(H,8,9). The van der Waals surface area contributed by atoms with Gasteiger partial charge in [0.25, 0.3) is 0 Å². The van der Waals surface area contributed by atoms with Crippen molar-refractivity contribution < 1.29 is 19.9 Å². The van der Waals surface area contributed by atoms with Crippen LogP contribution in [0.1, 0.15) is 0 Å². The third kappa shape index (κ3) is 2.02. The third-order valence-corrected chi connectivity index (χ3v) is 0.931. The minimum Gasteiger partial charge on any atom is -0.476 e. The number of carboxylic acids is 1. The number of hydrogen-bond acceptors (Lipinski definition) is 4. The largest absolute Gasteiger partial charge is 0.476 e. The van der Waals surface area contributed by atoms with Crippen LogP contribution in [0.25, 0.3) is 0 Å². The van der Waals surface area contributed by atoms with E-state index in [1.165, 1.54) is 0 Å². The molecule has 0 bridgehead atoms. The van der Waals surface area contributed by atoms with Crippen LogP contribution in [-0.4, -0.2) is 33.7 Å². The lowest BCUT2D eigenvalue weighted by Gasteiger charge is -1.90. The number of hydrogen-bond donors (Lipinski definition) is 2. The second-order valence-electron chi connectivity index (χ2n) is 1.31. The number of alkyl halides is 1. The molecule has 0 atom stereocenters. The average molecular weight is 166 g/mol. The van der Waals surface area contributed by atoms with Gasteiger partial charge in [0.05, 0.1) is 5.88 Å². The molecule has 5 nitrogen and oxygen atoms in total. The Bertz CT molecular complexity index is 188. The maximum absolute atomic E-state index is 10.4. The summed E-state index contributed by atoms with van der Waals surface area (Å²) in [6.45, 7) is 0. The molecule has 0 saturated heterocycles. The summed E-state index contributed by atoms with van der Waals surface area (Å²) in [5, 5.41) is 18.3. The monoisotopic (exact) mass is 165 g/mol. The summed E-state index contributed by atoms with van der Waals surface area (Å²) in [6.07, 6.45) is 0. The smallest absolute Gasteiger partial charge is 0.361 e. The van der Waals surface area contributed by atoms with E-state index >= 15 is 0 Å². The summed E-state index contributed by atoms with van der Waals surface area (Å²) in [5.74, 6) is -3.02. The second kappa shape index (κ2) is 3.84. The van der Waals surface area contributed by atoms with Crippen LogP contribution in [-0.2, 0) is 9.59 Å². The number of halogens is 1. The van der Waals surface area contributed by atoms with E-state index in [4.69, 9.17) is 21.9 Å². The molecule has 0 fully saturated rings. The Morgan fingerprint density at radius 3 is 2.10 bits per heavy atom. The summed E-state index contributed by atoms with van der Waals surface area (Å²) in [6, 6.07) is 0.